The summed E-state index contributed by atoms with van der Waals surface area (Å²) in [7, 11) is 0. The van der Waals surface area contributed by atoms with Crippen LogP contribution in [-0.4, -0.2) is 18.6 Å². The molecule has 140 valence electrons. The van der Waals surface area contributed by atoms with Crippen LogP contribution in [-0.2, 0) is 9.59 Å². The SMILES string of the molecule is O=C(Nc1ccc2c(c1)OCO2)C(=O)Nc1ccccc1Sc1ccccc1. The van der Waals surface area contributed by atoms with Gasteiger partial charge in [0.25, 0.3) is 0 Å². The van der Waals surface area contributed by atoms with E-state index in [1.54, 1.807) is 30.3 Å². The predicted molar refractivity (Wildman–Crippen MR) is 107 cm³/mol. The zero-order valence-electron chi connectivity index (χ0n) is 14.7. The average molecular weight is 392 g/mol. The van der Waals surface area contributed by atoms with Gasteiger partial charge in [-0.1, -0.05) is 42.1 Å². The molecule has 3 aromatic rings. The van der Waals surface area contributed by atoms with Crippen molar-refractivity contribution >= 4 is 35.0 Å². The van der Waals surface area contributed by atoms with Crippen molar-refractivity contribution in [3.8, 4) is 11.5 Å². The van der Waals surface area contributed by atoms with Gasteiger partial charge in [-0.2, -0.15) is 0 Å². The van der Waals surface area contributed by atoms with Crippen molar-refractivity contribution < 1.29 is 19.1 Å². The van der Waals surface area contributed by atoms with Crippen molar-refractivity contribution in [2.24, 2.45) is 0 Å². The highest BCUT2D eigenvalue weighted by molar-refractivity contribution is 7.99. The number of carbonyl (C=O) groups excluding carboxylic acids is 2. The molecular weight excluding hydrogens is 376 g/mol. The molecule has 0 bridgehead atoms. The fraction of sp³-hybridized carbons (Fsp3) is 0.0476. The number of carbonyl (C=O) groups is 2. The van der Waals surface area contributed by atoms with Gasteiger partial charge < -0.3 is 20.1 Å². The number of amides is 2. The van der Waals surface area contributed by atoms with Gasteiger partial charge in [0, 0.05) is 21.5 Å². The van der Waals surface area contributed by atoms with Crippen LogP contribution in [0, 0.1) is 0 Å². The van der Waals surface area contributed by atoms with E-state index in [2.05, 4.69) is 10.6 Å². The molecule has 0 unspecified atom stereocenters. The van der Waals surface area contributed by atoms with Gasteiger partial charge in [-0.15, -0.1) is 0 Å². The minimum atomic E-state index is -0.765. The van der Waals surface area contributed by atoms with Gasteiger partial charge in [-0.25, -0.2) is 0 Å². The smallest absolute Gasteiger partial charge is 0.314 e. The van der Waals surface area contributed by atoms with Crippen LogP contribution in [0.15, 0.2) is 82.6 Å². The molecule has 1 aliphatic rings. The van der Waals surface area contributed by atoms with Crippen molar-refractivity contribution in [1.82, 2.24) is 0 Å². The molecule has 1 heterocycles. The molecule has 7 heteroatoms. The minimum absolute atomic E-state index is 0.142. The molecule has 4 rings (SSSR count). The van der Waals surface area contributed by atoms with Crippen LogP contribution in [0.2, 0.25) is 0 Å². The number of fused-ring (bicyclic) bond motifs is 1. The van der Waals surface area contributed by atoms with Crippen molar-refractivity contribution in [3.63, 3.8) is 0 Å². The Morgan fingerprint density at radius 2 is 1.50 bits per heavy atom. The summed E-state index contributed by atoms with van der Waals surface area (Å²) in [5, 5.41) is 5.24. The second-order valence-corrected chi connectivity index (χ2v) is 7.00. The number of nitrogens with one attached hydrogen (secondary N) is 2. The maximum Gasteiger partial charge on any atom is 0.314 e. The van der Waals surface area contributed by atoms with E-state index in [-0.39, 0.29) is 6.79 Å². The lowest BCUT2D eigenvalue weighted by Gasteiger charge is -2.11. The number of benzene rings is 3. The van der Waals surface area contributed by atoms with E-state index < -0.39 is 11.8 Å². The molecule has 1 aliphatic heterocycles. The Hall–Kier alpha value is -3.45. The highest BCUT2D eigenvalue weighted by Crippen LogP contribution is 2.35. The van der Waals surface area contributed by atoms with E-state index >= 15 is 0 Å². The Morgan fingerprint density at radius 3 is 2.36 bits per heavy atom. The molecule has 0 spiro atoms. The van der Waals surface area contributed by atoms with Crippen LogP contribution in [0.4, 0.5) is 11.4 Å². The van der Waals surface area contributed by atoms with E-state index in [9.17, 15) is 9.59 Å². The van der Waals surface area contributed by atoms with Gasteiger partial charge in [0.15, 0.2) is 11.5 Å². The maximum absolute atomic E-state index is 12.4. The third-order valence-corrected chi connectivity index (χ3v) is 5.03. The normalized spacial score (nSPS) is 11.7. The fourth-order valence-corrected chi connectivity index (χ4v) is 3.54. The first-order chi connectivity index (χ1) is 13.7. The summed E-state index contributed by atoms with van der Waals surface area (Å²) in [6, 6.07) is 22.1. The summed E-state index contributed by atoms with van der Waals surface area (Å²) in [4.78, 5) is 26.5. The molecule has 0 saturated carbocycles. The Bertz CT molecular complexity index is 1020. The standard InChI is InChI=1S/C21H16N2O4S/c24-20(22-14-10-11-17-18(12-14)27-13-26-17)21(25)23-16-8-4-5-9-19(16)28-15-6-2-1-3-7-15/h1-12H,13H2,(H,22,24)(H,23,25). The largest absolute Gasteiger partial charge is 0.454 e. The Kier molecular flexibility index (Phi) is 5.16. The van der Waals surface area contributed by atoms with Gasteiger partial charge in [0.1, 0.15) is 0 Å². The molecule has 0 radical (unpaired) electrons. The quantitative estimate of drug-likeness (QED) is 0.653. The van der Waals surface area contributed by atoms with E-state index in [0.717, 1.165) is 9.79 Å². The first-order valence-electron chi connectivity index (χ1n) is 8.53. The van der Waals surface area contributed by atoms with Crippen molar-refractivity contribution in [3.05, 3.63) is 72.8 Å². The van der Waals surface area contributed by atoms with Crippen molar-refractivity contribution in [2.45, 2.75) is 9.79 Å². The Labute approximate surface area is 165 Å². The summed E-state index contributed by atoms with van der Waals surface area (Å²) in [6.45, 7) is 0.142. The highest BCUT2D eigenvalue weighted by atomic mass is 32.2. The molecule has 3 aromatic carbocycles. The number of para-hydroxylation sites is 1. The molecule has 0 atom stereocenters. The number of rotatable bonds is 4. The lowest BCUT2D eigenvalue weighted by atomic mass is 10.2. The zero-order chi connectivity index (χ0) is 19.3. The lowest BCUT2D eigenvalue weighted by molar-refractivity contribution is -0.133. The second-order valence-electron chi connectivity index (χ2n) is 5.89. The fourth-order valence-electron chi connectivity index (χ4n) is 2.62. The van der Waals surface area contributed by atoms with Crippen LogP contribution in [0.3, 0.4) is 0 Å². The Morgan fingerprint density at radius 1 is 0.786 bits per heavy atom. The van der Waals surface area contributed by atoms with Crippen LogP contribution in [0.1, 0.15) is 0 Å². The van der Waals surface area contributed by atoms with E-state index in [1.165, 1.54) is 11.8 Å². The molecule has 0 aromatic heterocycles. The molecule has 0 saturated heterocycles. The maximum atomic E-state index is 12.4. The Balaban J connectivity index is 1.44. The summed E-state index contributed by atoms with van der Waals surface area (Å²) in [6.07, 6.45) is 0. The van der Waals surface area contributed by atoms with Crippen molar-refractivity contribution in [2.75, 3.05) is 17.4 Å². The van der Waals surface area contributed by atoms with Gasteiger partial charge >= 0.3 is 11.8 Å². The summed E-state index contributed by atoms with van der Waals surface area (Å²) in [5.41, 5.74) is 1.03. The van der Waals surface area contributed by atoms with E-state index in [4.69, 9.17) is 9.47 Å². The second kappa shape index (κ2) is 8.06. The predicted octanol–water partition coefficient (Wildman–Crippen LogP) is 4.14. The first-order valence-corrected chi connectivity index (χ1v) is 9.34. The number of ether oxygens (including phenoxy) is 2. The molecule has 2 amide bonds. The minimum Gasteiger partial charge on any atom is -0.454 e. The third-order valence-electron chi connectivity index (χ3n) is 3.94. The van der Waals surface area contributed by atoms with E-state index in [1.807, 2.05) is 42.5 Å². The third kappa shape index (κ3) is 4.10. The monoisotopic (exact) mass is 392 g/mol. The zero-order valence-corrected chi connectivity index (χ0v) is 15.5. The first kappa shape index (κ1) is 17.9. The van der Waals surface area contributed by atoms with Gasteiger partial charge in [-0.05, 0) is 36.4 Å². The van der Waals surface area contributed by atoms with Crippen molar-refractivity contribution in [1.29, 1.82) is 0 Å². The lowest BCUT2D eigenvalue weighted by Crippen LogP contribution is -2.29. The summed E-state index contributed by atoms with van der Waals surface area (Å²) >= 11 is 1.51. The molecule has 6 nitrogen and oxygen atoms in total. The van der Waals surface area contributed by atoms with Gasteiger partial charge in [0.2, 0.25) is 6.79 Å². The molecule has 28 heavy (non-hydrogen) atoms. The number of anilines is 2. The molecule has 0 aliphatic carbocycles. The van der Waals surface area contributed by atoms with Gasteiger partial charge in [-0.3, -0.25) is 9.59 Å². The van der Waals surface area contributed by atoms with E-state index in [0.29, 0.717) is 22.9 Å². The van der Waals surface area contributed by atoms with Crippen LogP contribution in [0.25, 0.3) is 0 Å². The molecule has 0 fully saturated rings. The summed E-state index contributed by atoms with van der Waals surface area (Å²) in [5.74, 6) is -0.380. The average Bonchev–Trinajstić information content (AvgIpc) is 3.18. The van der Waals surface area contributed by atoms with Gasteiger partial charge in [0.05, 0.1) is 5.69 Å². The highest BCUT2D eigenvalue weighted by Gasteiger charge is 2.18. The topological polar surface area (TPSA) is 76.7 Å². The number of hydrogen-bond donors (Lipinski definition) is 2. The van der Waals surface area contributed by atoms with Crippen LogP contribution in [0.5, 0.6) is 11.5 Å². The van der Waals surface area contributed by atoms with Crippen LogP contribution < -0.4 is 20.1 Å². The van der Waals surface area contributed by atoms with Crippen LogP contribution >= 0.6 is 11.8 Å². The number of hydrogen-bond acceptors (Lipinski definition) is 5. The molecular formula is C21H16N2O4S. The summed E-state index contributed by atoms with van der Waals surface area (Å²) < 4.78 is 10.5. The molecule has 2 N–H and O–H groups in total.